The molecule has 2 saturated heterocycles. The van der Waals surface area contributed by atoms with Gasteiger partial charge in [0.15, 0.2) is 0 Å². The van der Waals surface area contributed by atoms with E-state index in [9.17, 15) is 18.0 Å². The lowest BCUT2D eigenvalue weighted by Gasteiger charge is -2.56. The van der Waals surface area contributed by atoms with Crippen molar-refractivity contribution < 1.29 is 22.7 Å². The Kier molecular flexibility index (Phi) is 6.72. The summed E-state index contributed by atoms with van der Waals surface area (Å²) in [5.74, 6) is 2.27. The smallest absolute Gasteiger partial charge is 0.282 e. The second kappa shape index (κ2) is 9.33. The van der Waals surface area contributed by atoms with Gasteiger partial charge in [0.1, 0.15) is 0 Å². The van der Waals surface area contributed by atoms with Gasteiger partial charge in [0, 0.05) is 45.7 Å². The number of rotatable bonds is 6. The average Bonchev–Trinajstić information content (AvgIpc) is 2.75. The molecule has 192 valence electrons. The maximum absolute atomic E-state index is 13.1. The second-order valence-electron chi connectivity index (χ2n) is 11.7. The van der Waals surface area contributed by atoms with Crippen molar-refractivity contribution in [2.45, 2.75) is 71.0 Å². The van der Waals surface area contributed by atoms with Crippen LogP contribution in [-0.2, 0) is 24.5 Å². The molecule has 2 aliphatic heterocycles. The van der Waals surface area contributed by atoms with Crippen LogP contribution in [0.2, 0.25) is 0 Å². The number of carbonyl (C=O) groups is 2. The maximum Gasteiger partial charge on any atom is 0.282 e. The number of amides is 2. The molecule has 0 spiro atoms. The van der Waals surface area contributed by atoms with Crippen LogP contribution < -0.4 is 5.32 Å². The monoisotopic (exact) mass is 496 g/mol. The van der Waals surface area contributed by atoms with Crippen molar-refractivity contribution in [3.05, 3.63) is 0 Å². The number of ether oxygens (including phenoxy) is 1. The lowest BCUT2D eigenvalue weighted by atomic mass is 9.49. The third kappa shape index (κ3) is 5.01. The molecule has 2 unspecified atom stereocenters. The Hall–Kier alpha value is -1.23. The van der Waals surface area contributed by atoms with E-state index < -0.39 is 10.2 Å². The molecule has 4 saturated carbocycles. The first-order valence-electron chi connectivity index (χ1n) is 13.1. The third-order valence-electron chi connectivity index (χ3n) is 8.77. The molecule has 2 heterocycles. The molecule has 0 aromatic carbocycles. The van der Waals surface area contributed by atoms with Gasteiger partial charge in [-0.25, -0.2) is 0 Å². The van der Waals surface area contributed by atoms with Crippen molar-refractivity contribution in [2.24, 2.45) is 23.2 Å². The van der Waals surface area contributed by atoms with E-state index in [-0.39, 0.29) is 49.1 Å². The molecule has 0 aromatic heterocycles. The fourth-order valence-electron chi connectivity index (χ4n) is 7.85. The average molecular weight is 497 g/mol. The Morgan fingerprint density at radius 1 is 0.882 bits per heavy atom. The van der Waals surface area contributed by atoms with Crippen molar-refractivity contribution in [1.82, 2.24) is 18.8 Å². The van der Waals surface area contributed by atoms with Crippen LogP contribution in [0.5, 0.6) is 0 Å². The normalized spacial score (nSPS) is 38.8. The number of nitrogens with zero attached hydrogens (tertiary/aromatic N) is 3. The van der Waals surface area contributed by atoms with Gasteiger partial charge >= 0.3 is 0 Å². The third-order valence-corrected chi connectivity index (χ3v) is 10.7. The lowest BCUT2D eigenvalue weighted by molar-refractivity contribution is -0.136. The van der Waals surface area contributed by atoms with Gasteiger partial charge in [-0.15, -0.1) is 0 Å². The van der Waals surface area contributed by atoms with Gasteiger partial charge in [-0.2, -0.15) is 17.0 Å². The summed E-state index contributed by atoms with van der Waals surface area (Å²) in [4.78, 5) is 27.1. The minimum absolute atomic E-state index is 0.00353. The molecular weight excluding hydrogens is 456 g/mol. The van der Waals surface area contributed by atoms with E-state index in [0.717, 1.165) is 17.8 Å². The fraction of sp³-hybridized carbons (Fsp3) is 0.917. The van der Waals surface area contributed by atoms with E-state index in [1.165, 1.54) is 47.1 Å². The fourth-order valence-corrected chi connectivity index (χ4v) is 9.59. The van der Waals surface area contributed by atoms with Crippen LogP contribution in [0, 0.1) is 23.2 Å². The highest BCUT2D eigenvalue weighted by atomic mass is 32.2. The Morgan fingerprint density at radius 3 is 1.94 bits per heavy atom. The summed E-state index contributed by atoms with van der Waals surface area (Å²) in [6.45, 7) is 5.69. The molecule has 4 bridgehead atoms. The molecule has 2 amide bonds. The van der Waals surface area contributed by atoms with Gasteiger partial charge in [0.2, 0.25) is 11.8 Å². The highest BCUT2D eigenvalue weighted by molar-refractivity contribution is 7.86. The minimum atomic E-state index is -3.57. The van der Waals surface area contributed by atoms with Crippen molar-refractivity contribution in [2.75, 3.05) is 45.8 Å². The maximum atomic E-state index is 13.1. The van der Waals surface area contributed by atoms with Crippen LogP contribution in [0.4, 0.5) is 0 Å². The highest BCUT2D eigenvalue weighted by Crippen LogP contribution is 2.61. The summed E-state index contributed by atoms with van der Waals surface area (Å²) in [7, 11) is -3.57. The first kappa shape index (κ1) is 24.5. The molecule has 34 heavy (non-hydrogen) atoms. The van der Waals surface area contributed by atoms with Crippen molar-refractivity contribution in [3.63, 3.8) is 0 Å². The standard InChI is InChI=1S/C24H40N4O5S/c1-17-15-28(16-18(2)33-17)34(31,32)27-5-3-26(4-6-27)23(30)14-25-22(29)13-24-10-19-7-20(11-24)9-21(8-19)12-24/h17-21H,3-16H2,1-2H3,(H,25,29). The predicted molar refractivity (Wildman–Crippen MR) is 127 cm³/mol. The largest absolute Gasteiger partial charge is 0.373 e. The highest BCUT2D eigenvalue weighted by Gasteiger charge is 2.51. The van der Waals surface area contributed by atoms with E-state index in [2.05, 4.69) is 5.32 Å². The Morgan fingerprint density at radius 2 is 1.41 bits per heavy atom. The molecule has 0 aromatic rings. The first-order valence-corrected chi connectivity index (χ1v) is 14.5. The number of hydrogen-bond acceptors (Lipinski definition) is 5. The molecule has 6 rings (SSSR count). The quantitative estimate of drug-likeness (QED) is 0.596. The second-order valence-corrected chi connectivity index (χ2v) is 13.7. The summed E-state index contributed by atoms with van der Waals surface area (Å²) in [5, 5.41) is 2.87. The first-order chi connectivity index (χ1) is 16.1. The zero-order chi connectivity index (χ0) is 24.1. The lowest BCUT2D eigenvalue weighted by Crippen LogP contribution is -2.58. The number of morpholine rings is 1. The van der Waals surface area contributed by atoms with Crippen LogP contribution in [0.25, 0.3) is 0 Å². The van der Waals surface area contributed by atoms with Crippen LogP contribution >= 0.6 is 0 Å². The molecule has 0 radical (unpaired) electrons. The molecule has 10 heteroatoms. The van der Waals surface area contributed by atoms with Crippen LogP contribution in [0.1, 0.15) is 58.8 Å². The van der Waals surface area contributed by atoms with E-state index in [0.29, 0.717) is 32.6 Å². The summed E-state index contributed by atoms with van der Waals surface area (Å²) in [6.07, 6.45) is 7.87. The summed E-state index contributed by atoms with van der Waals surface area (Å²) in [5.41, 5.74) is 0.163. The summed E-state index contributed by atoms with van der Waals surface area (Å²) < 4.78 is 34.7. The zero-order valence-corrected chi connectivity index (χ0v) is 21.4. The van der Waals surface area contributed by atoms with E-state index in [1.807, 2.05) is 13.8 Å². The van der Waals surface area contributed by atoms with E-state index in [4.69, 9.17) is 4.74 Å². The molecule has 6 fully saturated rings. The van der Waals surface area contributed by atoms with Gasteiger partial charge in [-0.1, -0.05) is 0 Å². The van der Waals surface area contributed by atoms with E-state index in [1.54, 1.807) is 4.90 Å². The Labute approximate surface area is 203 Å². The number of hydrogen-bond donors (Lipinski definition) is 1. The van der Waals surface area contributed by atoms with Gasteiger partial charge in [0.25, 0.3) is 10.2 Å². The molecule has 9 nitrogen and oxygen atoms in total. The number of carbonyl (C=O) groups excluding carboxylic acids is 2. The Bertz CT molecular complexity index is 856. The molecule has 1 N–H and O–H groups in total. The Balaban J connectivity index is 1.07. The minimum Gasteiger partial charge on any atom is -0.373 e. The zero-order valence-electron chi connectivity index (χ0n) is 20.6. The van der Waals surface area contributed by atoms with Gasteiger partial charge in [-0.3, -0.25) is 9.59 Å². The number of piperazine rings is 1. The van der Waals surface area contributed by atoms with Gasteiger partial charge < -0.3 is 15.0 Å². The van der Waals surface area contributed by atoms with Crippen molar-refractivity contribution in [1.29, 1.82) is 0 Å². The molecule has 2 atom stereocenters. The van der Waals surface area contributed by atoms with Gasteiger partial charge in [-0.05, 0) is 75.5 Å². The van der Waals surface area contributed by atoms with Crippen molar-refractivity contribution >= 4 is 22.0 Å². The van der Waals surface area contributed by atoms with Crippen LogP contribution in [-0.4, -0.2) is 91.8 Å². The predicted octanol–water partition coefficient (Wildman–Crippen LogP) is 1.21. The molecule has 4 aliphatic carbocycles. The van der Waals surface area contributed by atoms with Gasteiger partial charge in [0.05, 0.1) is 18.8 Å². The van der Waals surface area contributed by atoms with E-state index >= 15 is 0 Å². The number of nitrogens with one attached hydrogen (secondary N) is 1. The summed E-state index contributed by atoms with van der Waals surface area (Å²) in [6, 6.07) is 0. The summed E-state index contributed by atoms with van der Waals surface area (Å²) >= 11 is 0. The molecule has 6 aliphatic rings. The van der Waals surface area contributed by atoms with Crippen LogP contribution in [0.15, 0.2) is 0 Å². The van der Waals surface area contributed by atoms with Crippen molar-refractivity contribution in [3.8, 4) is 0 Å². The topological polar surface area (TPSA) is 99.3 Å². The molecular formula is C24H40N4O5S. The SMILES string of the molecule is CC1CN(S(=O)(=O)N2CCN(C(=O)CNC(=O)CC34CC5CC(CC(C5)C3)C4)CC2)CC(C)O1. The van der Waals surface area contributed by atoms with Crippen LogP contribution in [0.3, 0.4) is 0 Å².